The van der Waals surface area contributed by atoms with Crippen molar-refractivity contribution < 1.29 is 21.7 Å². The molecule has 1 aromatic carbocycles. The molecular weight excluding hydrogens is 474 g/mol. The molecule has 5 rings (SSSR count). The van der Waals surface area contributed by atoms with Crippen LogP contribution in [0.3, 0.4) is 0 Å². The minimum atomic E-state index is -3.87. The van der Waals surface area contributed by atoms with Gasteiger partial charge in [-0.3, -0.25) is 0 Å². The summed E-state index contributed by atoms with van der Waals surface area (Å²) in [5.41, 5.74) is 0.950. The van der Waals surface area contributed by atoms with E-state index in [0.717, 1.165) is 18.4 Å². The fourth-order valence-electron chi connectivity index (χ4n) is 6.28. The maximum atomic E-state index is 14.5. The summed E-state index contributed by atoms with van der Waals surface area (Å²) in [7, 11) is -3.87. The van der Waals surface area contributed by atoms with E-state index in [1.165, 1.54) is 22.5 Å². The first-order valence-electron chi connectivity index (χ1n) is 11.7. The highest BCUT2D eigenvalue weighted by Crippen LogP contribution is 2.67. The lowest BCUT2D eigenvalue weighted by Crippen LogP contribution is -2.48. The molecule has 186 valence electrons. The van der Waals surface area contributed by atoms with Crippen LogP contribution in [-0.4, -0.2) is 41.2 Å². The summed E-state index contributed by atoms with van der Waals surface area (Å²) in [6.45, 7) is 9.72. The normalized spacial score (nSPS) is 22.7. The molecular formula is C25H28F2N4O3S. The summed E-state index contributed by atoms with van der Waals surface area (Å²) >= 11 is 0. The van der Waals surface area contributed by atoms with E-state index in [2.05, 4.69) is 29.2 Å². The summed E-state index contributed by atoms with van der Waals surface area (Å²) in [6.07, 6.45) is 1.57. The Balaban J connectivity index is 1.61. The Kier molecular flexibility index (Phi) is 5.41. The van der Waals surface area contributed by atoms with Gasteiger partial charge in [0, 0.05) is 18.5 Å². The second-order valence-corrected chi connectivity index (χ2v) is 12.0. The highest BCUT2D eigenvalue weighted by molar-refractivity contribution is 7.89. The molecule has 0 N–H and O–H groups in total. The van der Waals surface area contributed by atoms with Gasteiger partial charge < -0.3 is 4.52 Å². The number of hydrogen-bond acceptors (Lipinski definition) is 6. The van der Waals surface area contributed by atoms with Crippen LogP contribution in [0.2, 0.25) is 0 Å². The van der Waals surface area contributed by atoms with Crippen LogP contribution in [0.1, 0.15) is 62.2 Å². The van der Waals surface area contributed by atoms with E-state index in [4.69, 9.17) is 4.52 Å². The highest BCUT2D eigenvalue weighted by atomic mass is 32.2. The number of fused-ring (bicyclic) bond motifs is 5. The predicted molar refractivity (Wildman–Crippen MR) is 125 cm³/mol. The van der Waals surface area contributed by atoms with E-state index in [-0.39, 0.29) is 46.3 Å². The first-order valence-corrected chi connectivity index (χ1v) is 13.1. The zero-order valence-corrected chi connectivity index (χ0v) is 21.2. The molecule has 0 saturated heterocycles. The second kappa shape index (κ2) is 7.89. The van der Waals surface area contributed by atoms with E-state index < -0.39 is 27.1 Å². The summed E-state index contributed by atoms with van der Waals surface area (Å²) in [5, 5.41) is 12.6. The van der Waals surface area contributed by atoms with Gasteiger partial charge in [0.25, 0.3) is 0 Å². The molecule has 2 aliphatic carbocycles. The molecule has 7 nitrogen and oxygen atoms in total. The Morgan fingerprint density at radius 3 is 2.46 bits per heavy atom. The third-order valence-electron chi connectivity index (χ3n) is 8.20. The quantitative estimate of drug-likeness (QED) is 0.477. The van der Waals surface area contributed by atoms with Gasteiger partial charge in [0.05, 0.1) is 17.0 Å². The van der Waals surface area contributed by atoms with E-state index in [1.807, 2.05) is 0 Å². The lowest BCUT2D eigenvalue weighted by atomic mass is 9.68. The van der Waals surface area contributed by atoms with Crippen molar-refractivity contribution in [3.63, 3.8) is 0 Å². The van der Waals surface area contributed by atoms with Crippen molar-refractivity contribution in [2.75, 3.05) is 13.1 Å². The Morgan fingerprint density at radius 1 is 1.17 bits per heavy atom. The van der Waals surface area contributed by atoms with Gasteiger partial charge in [0.2, 0.25) is 10.0 Å². The van der Waals surface area contributed by atoms with E-state index >= 15 is 0 Å². The monoisotopic (exact) mass is 502 g/mol. The molecule has 0 amide bonds. The second-order valence-electron chi connectivity index (χ2n) is 10.1. The Morgan fingerprint density at radius 2 is 1.86 bits per heavy atom. The zero-order chi connectivity index (χ0) is 25.3. The summed E-state index contributed by atoms with van der Waals surface area (Å²) < 4.78 is 62.9. The van der Waals surface area contributed by atoms with Crippen molar-refractivity contribution in [3.05, 3.63) is 58.6 Å². The van der Waals surface area contributed by atoms with Crippen LogP contribution in [0, 0.1) is 30.9 Å². The molecule has 3 aromatic rings. The molecule has 35 heavy (non-hydrogen) atoms. The molecule has 2 aromatic heterocycles. The average molecular weight is 503 g/mol. The summed E-state index contributed by atoms with van der Waals surface area (Å²) in [4.78, 5) is 0.0952. The average Bonchev–Trinajstić information content (AvgIpc) is 3.33. The molecule has 2 aliphatic rings. The Hall–Kier alpha value is -2.72. The number of halogens is 2. The smallest absolute Gasteiger partial charge is 0.248 e. The molecule has 0 aliphatic heterocycles. The van der Waals surface area contributed by atoms with Crippen LogP contribution in [0.4, 0.5) is 8.78 Å². The van der Waals surface area contributed by atoms with Crippen molar-refractivity contribution >= 4 is 10.0 Å². The molecule has 0 radical (unpaired) electrons. The first-order chi connectivity index (χ1) is 16.5. The topological polar surface area (TPSA) is 89.2 Å². The van der Waals surface area contributed by atoms with Crippen molar-refractivity contribution in [2.45, 2.75) is 63.7 Å². The highest BCUT2D eigenvalue weighted by Gasteiger charge is 2.64. The standard InChI is InChI=1S/C25H28F2N4O3S/c1-6-31(35(32,33)22-14(2)30-34-15(22)3)13-25-11-10-17(24(25,4)5)16-12-20(28-29-23(16)25)21-18(26)8-7-9-19(21)27/h7-9,12,17H,6,10-11,13H2,1-5H3/t17-,25-/m0/s1. The van der Waals surface area contributed by atoms with Crippen LogP contribution >= 0.6 is 0 Å². The maximum absolute atomic E-state index is 14.5. The third kappa shape index (κ3) is 3.22. The van der Waals surface area contributed by atoms with Crippen LogP contribution < -0.4 is 0 Å². The molecule has 2 heterocycles. The number of aryl methyl sites for hydroxylation is 2. The van der Waals surface area contributed by atoms with E-state index in [0.29, 0.717) is 11.4 Å². The van der Waals surface area contributed by atoms with Gasteiger partial charge in [0.1, 0.15) is 22.2 Å². The van der Waals surface area contributed by atoms with Gasteiger partial charge in [0.15, 0.2) is 5.76 Å². The minimum Gasteiger partial charge on any atom is -0.360 e. The lowest BCUT2D eigenvalue weighted by molar-refractivity contribution is 0.169. The van der Waals surface area contributed by atoms with Gasteiger partial charge in [-0.05, 0) is 61.8 Å². The number of nitrogens with zero attached hydrogens (tertiary/aromatic N) is 4. The van der Waals surface area contributed by atoms with Crippen molar-refractivity contribution in [2.24, 2.45) is 5.41 Å². The van der Waals surface area contributed by atoms with Gasteiger partial charge in [-0.2, -0.15) is 14.5 Å². The molecule has 1 saturated carbocycles. The SMILES string of the molecule is CCN(C[C@@]12CC[C@@H](c3cc(-c4c(F)cccc4F)nnc31)C2(C)C)S(=O)(=O)c1c(C)noc1C. The summed E-state index contributed by atoms with van der Waals surface area (Å²) in [6, 6.07) is 5.44. The van der Waals surface area contributed by atoms with Crippen LogP contribution in [0.25, 0.3) is 11.3 Å². The number of benzene rings is 1. The van der Waals surface area contributed by atoms with Crippen molar-refractivity contribution in [3.8, 4) is 11.3 Å². The number of sulfonamides is 1. The van der Waals surface area contributed by atoms with E-state index in [1.54, 1.807) is 26.8 Å². The number of likely N-dealkylation sites (N-methyl/N-ethyl adjacent to an activating group) is 1. The molecule has 0 spiro atoms. The first kappa shape index (κ1) is 24.0. The molecule has 10 heteroatoms. The number of hydrogen-bond donors (Lipinski definition) is 0. The molecule has 1 fully saturated rings. The largest absolute Gasteiger partial charge is 0.360 e. The van der Waals surface area contributed by atoms with Crippen molar-refractivity contribution in [1.29, 1.82) is 0 Å². The Bertz CT molecular complexity index is 1400. The fourth-order valence-corrected chi connectivity index (χ4v) is 8.08. The van der Waals surface area contributed by atoms with E-state index in [9.17, 15) is 17.2 Å². The minimum absolute atomic E-state index is 0.0714. The fraction of sp³-hybridized carbons (Fsp3) is 0.480. The zero-order valence-electron chi connectivity index (χ0n) is 20.4. The summed E-state index contributed by atoms with van der Waals surface area (Å²) in [5.74, 6) is -1.06. The van der Waals surface area contributed by atoms with Crippen LogP contribution in [-0.2, 0) is 15.4 Å². The third-order valence-corrected chi connectivity index (χ3v) is 10.4. The number of aromatic nitrogens is 3. The van der Waals surface area contributed by atoms with Gasteiger partial charge in [-0.25, -0.2) is 17.2 Å². The van der Waals surface area contributed by atoms with Gasteiger partial charge in [-0.1, -0.05) is 32.0 Å². The van der Waals surface area contributed by atoms with Gasteiger partial charge in [-0.15, -0.1) is 0 Å². The molecule has 0 unspecified atom stereocenters. The Labute approximate surface area is 203 Å². The maximum Gasteiger partial charge on any atom is 0.248 e. The predicted octanol–water partition coefficient (Wildman–Crippen LogP) is 4.89. The van der Waals surface area contributed by atoms with Gasteiger partial charge >= 0.3 is 0 Å². The lowest BCUT2D eigenvalue weighted by Gasteiger charge is -2.41. The molecule has 2 bridgehead atoms. The van der Waals surface area contributed by atoms with Crippen LogP contribution in [0.15, 0.2) is 33.7 Å². The van der Waals surface area contributed by atoms with Crippen LogP contribution in [0.5, 0.6) is 0 Å². The van der Waals surface area contributed by atoms with Crippen molar-refractivity contribution in [1.82, 2.24) is 19.7 Å². The number of rotatable bonds is 6. The molecule has 2 atom stereocenters.